The molecule has 0 fully saturated rings. The molecule has 0 radical (unpaired) electrons. The van der Waals surface area contributed by atoms with Gasteiger partial charge in [-0.25, -0.2) is 0 Å². The lowest BCUT2D eigenvalue weighted by atomic mass is 10.2. The average molecular weight is 295 g/mol. The van der Waals surface area contributed by atoms with Crippen LogP contribution in [0.4, 0.5) is 0 Å². The summed E-state index contributed by atoms with van der Waals surface area (Å²) in [4.78, 5) is 2.19. The fraction of sp³-hybridized carbons (Fsp3) is 0.467. The van der Waals surface area contributed by atoms with Gasteiger partial charge < -0.3 is 18.2 Å². The second-order valence-electron chi connectivity index (χ2n) is 4.54. The lowest BCUT2D eigenvalue weighted by Crippen LogP contribution is -2.43. The molecule has 1 aromatic carbocycles. The first-order valence-electron chi connectivity index (χ1n) is 6.75. The zero-order chi connectivity index (χ0) is 14.8. The summed E-state index contributed by atoms with van der Waals surface area (Å²) in [5.74, 6) is 0. The highest BCUT2D eigenvalue weighted by molar-refractivity contribution is 6.60. The minimum atomic E-state index is -2.45. The van der Waals surface area contributed by atoms with Gasteiger partial charge in [-0.2, -0.15) is 0 Å². The maximum Gasteiger partial charge on any atom is 0.500 e. The standard InChI is InChI=1S/C15H25NO3Si/c1-5-16(14-15-10-7-6-8-11-15)12-9-13-20(17-2,18-3)19-4/h5-8,10-11H,1,9,12-14H2,2-4H3. The Bertz CT molecular complexity index is 374. The summed E-state index contributed by atoms with van der Waals surface area (Å²) in [6.07, 6.45) is 2.82. The van der Waals surface area contributed by atoms with Crippen molar-refractivity contribution in [2.24, 2.45) is 0 Å². The van der Waals surface area contributed by atoms with Crippen LogP contribution >= 0.6 is 0 Å². The van der Waals surface area contributed by atoms with Gasteiger partial charge in [-0.05, 0) is 18.2 Å². The summed E-state index contributed by atoms with van der Waals surface area (Å²) in [6, 6.07) is 11.2. The van der Waals surface area contributed by atoms with Crippen LogP contribution in [0.1, 0.15) is 12.0 Å². The lowest BCUT2D eigenvalue weighted by Gasteiger charge is -2.26. The van der Waals surface area contributed by atoms with E-state index in [1.165, 1.54) is 5.56 Å². The maximum absolute atomic E-state index is 5.42. The van der Waals surface area contributed by atoms with Gasteiger partial charge in [0.05, 0.1) is 0 Å². The van der Waals surface area contributed by atoms with Crippen LogP contribution in [0.5, 0.6) is 0 Å². The van der Waals surface area contributed by atoms with E-state index in [1.807, 2.05) is 12.3 Å². The first-order valence-corrected chi connectivity index (χ1v) is 8.69. The van der Waals surface area contributed by atoms with Gasteiger partial charge >= 0.3 is 8.80 Å². The monoisotopic (exact) mass is 295 g/mol. The van der Waals surface area contributed by atoms with Gasteiger partial charge in [-0.3, -0.25) is 0 Å². The molecule has 1 rings (SSSR count). The lowest BCUT2D eigenvalue weighted by molar-refractivity contribution is 0.122. The topological polar surface area (TPSA) is 30.9 Å². The van der Waals surface area contributed by atoms with Crippen molar-refractivity contribution in [3.8, 4) is 0 Å². The third-order valence-electron chi connectivity index (χ3n) is 3.35. The molecule has 0 aliphatic heterocycles. The van der Waals surface area contributed by atoms with Crippen molar-refractivity contribution < 1.29 is 13.3 Å². The molecule has 4 nitrogen and oxygen atoms in total. The van der Waals surface area contributed by atoms with E-state index in [0.717, 1.165) is 25.6 Å². The molecular formula is C15H25NO3Si. The second-order valence-corrected chi connectivity index (χ2v) is 7.63. The van der Waals surface area contributed by atoms with Crippen molar-refractivity contribution in [2.75, 3.05) is 27.9 Å². The molecular weight excluding hydrogens is 270 g/mol. The highest BCUT2D eigenvalue weighted by atomic mass is 28.4. The first kappa shape index (κ1) is 16.9. The molecule has 0 aromatic heterocycles. The molecule has 0 aliphatic rings. The zero-order valence-electron chi connectivity index (χ0n) is 12.7. The third-order valence-corrected chi connectivity index (χ3v) is 6.18. The fourth-order valence-corrected chi connectivity index (χ4v) is 3.81. The second kappa shape index (κ2) is 8.92. The molecule has 0 unspecified atom stereocenters. The molecule has 0 spiro atoms. The van der Waals surface area contributed by atoms with E-state index >= 15 is 0 Å². The summed E-state index contributed by atoms with van der Waals surface area (Å²) in [5.41, 5.74) is 1.28. The van der Waals surface area contributed by atoms with Crippen molar-refractivity contribution in [3.05, 3.63) is 48.7 Å². The zero-order valence-corrected chi connectivity index (χ0v) is 13.7. The summed E-state index contributed by atoms with van der Waals surface area (Å²) >= 11 is 0. The van der Waals surface area contributed by atoms with Crippen molar-refractivity contribution in [1.29, 1.82) is 0 Å². The predicted octanol–water partition coefficient (Wildman–Crippen LogP) is 2.90. The molecule has 5 heteroatoms. The van der Waals surface area contributed by atoms with Crippen molar-refractivity contribution in [3.63, 3.8) is 0 Å². The first-order chi connectivity index (χ1) is 9.69. The number of benzene rings is 1. The van der Waals surface area contributed by atoms with E-state index in [4.69, 9.17) is 13.3 Å². The van der Waals surface area contributed by atoms with E-state index in [-0.39, 0.29) is 0 Å². The normalized spacial score (nSPS) is 11.3. The van der Waals surface area contributed by atoms with E-state index < -0.39 is 8.80 Å². The van der Waals surface area contributed by atoms with Crippen molar-refractivity contribution >= 4 is 8.80 Å². The Balaban J connectivity index is 2.44. The highest BCUT2D eigenvalue weighted by Gasteiger charge is 2.36. The van der Waals surface area contributed by atoms with Gasteiger partial charge in [0.2, 0.25) is 0 Å². The van der Waals surface area contributed by atoms with Crippen LogP contribution in [-0.2, 0) is 19.8 Å². The Morgan fingerprint density at radius 3 is 2.20 bits per heavy atom. The number of rotatable bonds is 10. The summed E-state index contributed by atoms with van der Waals surface area (Å²) in [6.45, 7) is 5.65. The molecule has 0 atom stereocenters. The fourth-order valence-electron chi connectivity index (χ4n) is 2.11. The molecule has 20 heavy (non-hydrogen) atoms. The third kappa shape index (κ3) is 5.09. The van der Waals surface area contributed by atoms with E-state index in [2.05, 4.69) is 35.7 Å². The van der Waals surface area contributed by atoms with E-state index in [1.54, 1.807) is 21.3 Å². The van der Waals surface area contributed by atoms with Crippen LogP contribution in [0.2, 0.25) is 6.04 Å². The number of hydrogen-bond acceptors (Lipinski definition) is 4. The maximum atomic E-state index is 5.42. The molecule has 0 N–H and O–H groups in total. The SMILES string of the molecule is C=CN(CCC[Si](OC)(OC)OC)Cc1ccccc1. The molecule has 0 heterocycles. The minimum absolute atomic E-state index is 0.801. The molecule has 0 saturated heterocycles. The van der Waals surface area contributed by atoms with Crippen molar-refractivity contribution in [1.82, 2.24) is 4.90 Å². The smallest absolute Gasteiger partial charge is 0.377 e. The Hall–Kier alpha value is -1.14. The van der Waals surface area contributed by atoms with Crippen LogP contribution in [0.3, 0.4) is 0 Å². The Kier molecular flexibility index (Phi) is 7.54. The van der Waals surface area contributed by atoms with Crippen molar-refractivity contribution in [2.45, 2.75) is 19.0 Å². The molecule has 0 aliphatic carbocycles. The van der Waals surface area contributed by atoms with Gasteiger partial charge in [-0.15, -0.1) is 0 Å². The summed E-state index contributed by atoms with van der Waals surface area (Å²) < 4.78 is 16.3. The Morgan fingerprint density at radius 2 is 1.70 bits per heavy atom. The minimum Gasteiger partial charge on any atom is -0.377 e. The number of nitrogens with zero attached hydrogens (tertiary/aromatic N) is 1. The number of hydrogen-bond donors (Lipinski definition) is 0. The van der Waals surface area contributed by atoms with Gasteiger partial charge in [0.15, 0.2) is 0 Å². The van der Waals surface area contributed by atoms with Crippen LogP contribution in [0.25, 0.3) is 0 Å². The largest absolute Gasteiger partial charge is 0.500 e. The van der Waals surface area contributed by atoms with E-state index in [9.17, 15) is 0 Å². The van der Waals surface area contributed by atoms with Crippen LogP contribution in [0.15, 0.2) is 43.1 Å². The Labute approximate surface area is 123 Å². The molecule has 1 aromatic rings. The predicted molar refractivity (Wildman–Crippen MR) is 83.3 cm³/mol. The van der Waals surface area contributed by atoms with Crippen LogP contribution in [-0.4, -0.2) is 41.6 Å². The van der Waals surface area contributed by atoms with Gasteiger partial charge in [-0.1, -0.05) is 36.9 Å². The molecule has 0 saturated carbocycles. The van der Waals surface area contributed by atoms with Crippen LogP contribution < -0.4 is 0 Å². The summed E-state index contributed by atoms with van der Waals surface area (Å²) in [7, 11) is 2.49. The van der Waals surface area contributed by atoms with Crippen LogP contribution in [0, 0.1) is 0 Å². The van der Waals surface area contributed by atoms with Gasteiger partial charge in [0.25, 0.3) is 0 Å². The highest BCUT2D eigenvalue weighted by Crippen LogP contribution is 2.16. The average Bonchev–Trinajstić information content (AvgIpc) is 2.52. The Morgan fingerprint density at radius 1 is 1.10 bits per heavy atom. The summed E-state index contributed by atoms with van der Waals surface area (Å²) in [5, 5.41) is 0. The van der Waals surface area contributed by atoms with Gasteiger partial charge in [0.1, 0.15) is 0 Å². The van der Waals surface area contributed by atoms with Gasteiger partial charge in [0, 0.05) is 40.5 Å². The molecule has 0 amide bonds. The van der Waals surface area contributed by atoms with E-state index in [0.29, 0.717) is 0 Å². The molecule has 0 bridgehead atoms. The molecule has 112 valence electrons. The quantitative estimate of drug-likeness (QED) is 0.621.